The lowest BCUT2D eigenvalue weighted by atomic mass is 10.3. The molecule has 7 heteroatoms. The lowest BCUT2D eigenvalue weighted by Gasteiger charge is -2.00. The van der Waals surface area contributed by atoms with E-state index in [0.717, 1.165) is 12.1 Å². The quantitative estimate of drug-likeness (QED) is 0.778. The zero-order valence-electron chi connectivity index (χ0n) is 11.1. The van der Waals surface area contributed by atoms with Gasteiger partial charge in [-0.1, -0.05) is 24.3 Å². The van der Waals surface area contributed by atoms with Crippen LogP contribution in [0.1, 0.15) is 15.5 Å². The average Bonchev–Trinajstić information content (AvgIpc) is 3.20. The Hall–Kier alpha value is -2.54. The van der Waals surface area contributed by atoms with Gasteiger partial charge in [0.15, 0.2) is 0 Å². The van der Waals surface area contributed by atoms with Gasteiger partial charge >= 0.3 is 0 Å². The van der Waals surface area contributed by atoms with E-state index in [1.165, 1.54) is 9.67 Å². The number of thiophene rings is 1. The maximum Gasteiger partial charge on any atom is 0.292 e. The molecule has 21 heavy (non-hydrogen) atoms. The van der Waals surface area contributed by atoms with E-state index in [-0.39, 0.29) is 11.7 Å². The summed E-state index contributed by atoms with van der Waals surface area (Å²) >= 11 is 1.67. The van der Waals surface area contributed by atoms with Crippen LogP contribution in [0.15, 0.2) is 47.8 Å². The highest BCUT2D eigenvalue weighted by atomic mass is 32.1. The van der Waals surface area contributed by atoms with Crippen LogP contribution in [-0.2, 0) is 6.42 Å². The molecule has 6 nitrogen and oxygen atoms in total. The third-order valence-electron chi connectivity index (χ3n) is 2.84. The Morgan fingerprint density at radius 3 is 2.81 bits per heavy atom. The van der Waals surface area contributed by atoms with Crippen molar-refractivity contribution in [3.8, 4) is 5.69 Å². The molecule has 0 unspecified atom stereocenters. The molecule has 1 N–H and O–H groups in total. The van der Waals surface area contributed by atoms with Crippen LogP contribution < -0.4 is 5.32 Å². The van der Waals surface area contributed by atoms with Crippen molar-refractivity contribution < 1.29 is 4.79 Å². The molecule has 0 bridgehead atoms. The topological polar surface area (TPSA) is 72.7 Å². The Morgan fingerprint density at radius 1 is 1.19 bits per heavy atom. The number of nitrogens with one attached hydrogen (secondary N) is 1. The first-order valence-electron chi connectivity index (χ1n) is 6.49. The van der Waals surface area contributed by atoms with E-state index in [1.54, 1.807) is 11.3 Å². The van der Waals surface area contributed by atoms with Crippen molar-refractivity contribution in [2.75, 3.05) is 6.54 Å². The van der Waals surface area contributed by atoms with Crippen LogP contribution in [-0.4, -0.2) is 32.7 Å². The zero-order valence-corrected chi connectivity index (χ0v) is 12.0. The van der Waals surface area contributed by atoms with E-state index < -0.39 is 0 Å². The summed E-state index contributed by atoms with van der Waals surface area (Å²) in [5.74, 6) is -0.237. The van der Waals surface area contributed by atoms with Gasteiger partial charge in [-0.25, -0.2) is 0 Å². The molecule has 0 saturated carbocycles. The van der Waals surface area contributed by atoms with Crippen LogP contribution >= 0.6 is 11.3 Å². The molecule has 1 aromatic carbocycles. The highest BCUT2D eigenvalue weighted by molar-refractivity contribution is 7.09. The number of carbonyl (C=O) groups is 1. The van der Waals surface area contributed by atoms with E-state index in [9.17, 15) is 4.79 Å². The summed E-state index contributed by atoms with van der Waals surface area (Å²) in [4.78, 5) is 14.5. The second kappa shape index (κ2) is 6.27. The summed E-state index contributed by atoms with van der Waals surface area (Å²) < 4.78 is 0. The van der Waals surface area contributed by atoms with Crippen LogP contribution in [0.3, 0.4) is 0 Å². The average molecular weight is 299 g/mol. The van der Waals surface area contributed by atoms with Crippen molar-refractivity contribution in [2.45, 2.75) is 6.42 Å². The fourth-order valence-corrected chi connectivity index (χ4v) is 2.52. The maximum absolute atomic E-state index is 11.9. The number of amides is 1. The summed E-state index contributed by atoms with van der Waals surface area (Å²) in [7, 11) is 0. The third-order valence-corrected chi connectivity index (χ3v) is 3.78. The van der Waals surface area contributed by atoms with Gasteiger partial charge in [-0.15, -0.1) is 26.3 Å². The van der Waals surface area contributed by atoms with Gasteiger partial charge in [0.1, 0.15) is 0 Å². The van der Waals surface area contributed by atoms with Crippen molar-refractivity contribution in [1.29, 1.82) is 0 Å². The Morgan fingerprint density at radius 2 is 2.05 bits per heavy atom. The summed E-state index contributed by atoms with van der Waals surface area (Å²) in [5.41, 5.74) is 0.766. The number of nitrogens with zero attached hydrogens (tertiary/aromatic N) is 4. The van der Waals surface area contributed by atoms with Gasteiger partial charge in [0, 0.05) is 11.4 Å². The molecule has 0 fully saturated rings. The molecule has 2 aromatic heterocycles. The standard InChI is InChI=1S/C14H13N5OS/c20-14(15-9-8-12-7-4-10-21-12)13-16-18-19(17-13)11-5-2-1-3-6-11/h1-7,10H,8-9H2,(H,15,20). The van der Waals surface area contributed by atoms with Crippen LogP contribution in [0.4, 0.5) is 0 Å². The van der Waals surface area contributed by atoms with Gasteiger partial charge < -0.3 is 5.32 Å². The Labute approximate surface area is 125 Å². The number of rotatable bonds is 5. The fourth-order valence-electron chi connectivity index (χ4n) is 1.81. The SMILES string of the molecule is O=C(NCCc1cccs1)c1nnn(-c2ccccc2)n1. The first-order valence-corrected chi connectivity index (χ1v) is 7.37. The molecule has 2 heterocycles. The molecule has 0 aliphatic rings. The van der Waals surface area contributed by atoms with Crippen LogP contribution in [0.5, 0.6) is 0 Å². The summed E-state index contributed by atoms with van der Waals surface area (Å²) in [5, 5.41) is 16.6. The zero-order chi connectivity index (χ0) is 14.5. The maximum atomic E-state index is 11.9. The monoisotopic (exact) mass is 299 g/mol. The van der Waals surface area contributed by atoms with Crippen molar-refractivity contribution in [3.05, 3.63) is 58.5 Å². The van der Waals surface area contributed by atoms with Crippen LogP contribution in [0, 0.1) is 0 Å². The molecule has 106 valence electrons. The predicted octanol–water partition coefficient (Wildman–Crippen LogP) is 1.70. The van der Waals surface area contributed by atoms with Crippen molar-refractivity contribution >= 4 is 17.2 Å². The Balaban J connectivity index is 1.59. The summed E-state index contributed by atoms with van der Waals surface area (Å²) in [6, 6.07) is 13.4. The lowest BCUT2D eigenvalue weighted by molar-refractivity contribution is 0.0943. The number of benzene rings is 1. The minimum atomic E-state index is -0.311. The first kappa shape index (κ1) is 13.4. The molecule has 0 spiro atoms. The largest absolute Gasteiger partial charge is 0.349 e. The number of hydrogen-bond donors (Lipinski definition) is 1. The summed E-state index contributed by atoms with van der Waals surface area (Å²) in [6.45, 7) is 0.555. The Kier molecular flexibility index (Phi) is 4.02. The molecule has 0 aliphatic heterocycles. The van der Waals surface area contributed by atoms with E-state index in [1.807, 2.05) is 47.8 Å². The molecule has 0 atom stereocenters. The molecule has 3 rings (SSSR count). The highest BCUT2D eigenvalue weighted by Crippen LogP contribution is 2.08. The van der Waals surface area contributed by atoms with Crippen LogP contribution in [0.2, 0.25) is 0 Å². The molecule has 3 aromatic rings. The number of hydrogen-bond acceptors (Lipinski definition) is 5. The van der Waals surface area contributed by atoms with E-state index in [2.05, 4.69) is 20.7 Å². The Bertz CT molecular complexity index is 708. The number of tetrazole rings is 1. The smallest absolute Gasteiger partial charge is 0.292 e. The van der Waals surface area contributed by atoms with Gasteiger partial charge in [-0.2, -0.15) is 0 Å². The number of carbonyl (C=O) groups excluding carboxylic acids is 1. The molecular weight excluding hydrogens is 286 g/mol. The lowest BCUT2D eigenvalue weighted by Crippen LogP contribution is -2.26. The fraction of sp³-hybridized carbons (Fsp3) is 0.143. The second-order valence-electron chi connectivity index (χ2n) is 4.32. The molecule has 0 radical (unpaired) electrons. The van der Waals surface area contributed by atoms with Crippen LogP contribution in [0.25, 0.3) is 5.69 Å². The highest BCUT2D eigenvalue weighted by Gasteiger charge is 2.12. The predicted molar refractivity (Wildman–Crippen MR) is 79.5 cm³/mol. The van der Waals surface area contributed by atoms with Crippen molar-refractivity contribution in [1.82, 2.24) is 25.5 Å². The third kappa shape index (κ3) is 3.32. The molecule has 0 aliphatic carbocycles. The first-order chi connectivity index (χ1) is 10.3. The number of para-hydroxylation sites is 1. The normalized spacial score (nSPS) is 10.5. The summed E-state index contributed by atoms with van der Waals surface area (Å²) in [6.07, 6.45) is 0.802. The van der Waals surface area contributed by atoms with Crippen molar-refractivity contribution in [2.24, 2.45) is 0 Å². The van der Waals surface area contributed by atoms with E-state index in [4.69, 9.17) is 0 Å². The number of aromatic nitrogens is 4. The minimum absolute atomic E-state index is 0.0741. The molecule has 0 saturated heterocycles. The molecular formula is C14H13N5OS. The van der Waals surface area contributed by atoms with E-state index in [0.29, 0.717) is 6.54 Å². The van der Waals surface area contributed by atoms with Gasteiger partial charge in [-0.05, 0) is 35.2 Å². The van der Waals surface area contributed by atoms with Gasteiger partial charge in [0.25, 0.3) is 11.7 Å². The van der Waals surface area contributed by atoms with Gasteiger partial charge in [-0.3, -0.25) is 4.79 Å². The van der Waals surface area contributed by atoms with Gasteiger partial charge in [0.05, 0.1) is 5.69 Å². The van der Waals surface area contributed by atoms with E-state index >= 15 is 0 Å². The van der Waals surface area contributed by atoms with Crippen molar-refractivity contribution in [3.63, 3.8) is 0 Å². The minimum Gasteiger partial charge on any atom is -0.349 e. The van der Waals surface area contributed by atoms with Gasteiger partial charge in [0.2, 0.25) is 0 Å². The molecule has 1 amide bonds. The second-order valence-corrected chi connectivity index (χ2v) is 5.36.